The number of carbonyl (C=O) groups excluding carboxylic acids is 1. The van der Waals surface area contributed by atoms with Gasteiger partial charge in [-0.2, -0.15) is 0 Å². The van der Waals surface area contributed by atoms with E-state index in [9.17, 15) is 4.79 Å². The van der Waals surface area contributed by atoms with Crippen molar-refractivity contribution in [2.45, 2.75) is 13.5 Å². The highest BCUT2D eigenvalue weighted by Gasteiger charge is 2.25. The van der Waals surface area contributed by atoms with E-state index in [1.54, 1.807) is 12.1 Å². The summed E-state index contributed by atoms with van der Waals surface area (Å²) in [7, 11) is 0. The second-order valence-electron chi connectivity index (χ2n) is 8.50. The summed E-state index contributed by atoms with van der Waals surface area (Å²) in [5, 5.41) is 1.43. The van der Waals surface area contributed by atoms with Gasteiger partial charge < -0.3 is 13.9 Å². The summed E-state index contributed by atoms with van der Waals surface area (Å²) in [5.74, 6) is 0.358. The van der Waals surface area contributed by atoms with Crippen LogP contribution in [0.4, 0.5) is 0 Å². The Kier molecular flexibility index (Phi) is 6.50. The monoisotopic (exact) mass is 493 g/mol. The van der Waals surface area contributed by atoms with Gasteiger partial charge in [-0.3, -0.25) is 9.69 Å². The number of halogens is 2. The van der Waals surface area contributed by atoms with Crippen LogP contribution in [0.1, 0.15) is 21.8 Å². The molecule has 1 aliphatic heterocycles. The highest BCUT2D eigenvalue weighted by molar-refractivity contribution is 6.30. The zero-order valence-electron chi connectivity index (χ0n) is 18.9. The van der Waals surface area contributed by atoms with E-state index in [0.717, 1.165) is 36.6 Å². The molecule has 0 bridgehead atoms. The van der Waals surface area contributed by atoms with Gasteiger partial charge in [0.1, 0.15) is 0 Å². The normalized spacial score (nSPS) is 14.5. The van der Waals surface area contributed by atoms with Gasteiger partial charge in [-0.1, -0.05) is 35.3 Å². The first-order chi connectivity index (χ1) is 16.5. The van der Waals surface area contributed by atoms with Gasteiger partial charge in [-0.15, -0.1) is 0 Å². The summed E-state index contributed by atoms with van der Waals surface area (Å²) in [6.07, 6.45) is 1.54. The standard InChI is InChI=1S/C27H25Cl2N3O2/c1-19-21(18-30-12-14-31(15-13-30)27(33)26-3-2-16-34-26)17-25(20-4-6-22(28)7-5-20)32(19)24-10-8-23(29)9-11-24/h2-11,16-17H,12-15,18H2,1H3. The number of carbonyl (C=O) groups is 1. The Morgan fingerprint density at radius 1 is 0.912 bits per heavy atom. The number of furan rings is 1. The number of aromatic nitrogens is 1. The molecule has 0 unspecified atom stereocenters. The molecule has 0 aliphatic carbocycles. The van der Waals surface area contributed by atoms with E-state index >= 15 is 0 Å². The molecule has 4 aromatic rings. The summed E-state index contributed by atoms with van der Waals surface area (Å²) in [6.45, 7) is 5.96. The average molecular weight is 494 g/mol. The van der Waals surface area contributed by atoms with E-state index in [2.05, 4.69) is 22.5 Å². The molecule has 0 atom stereocenters. The molecule has 2 aromatic carbocycles. The van der Waals surface area contributed by atoms with Crippen LogP contribution in [0.3, 0.4) is 0 Å². The molecule has 0 spiro atoms. The first kappa shape index (κ1) is 22.8. The highest BCUT2D eigenvalue weighted by Crippen LogP contribution is 2.31. The van der Waals surface area contributed by atoms with E-state index in [4.69, 9.17) is 27.6 Å². The molecule has 174 valence electrons. The molecule has 34 heavy (non-hydrogen) atoms. The zero-order chi connectivity index (χ0) is 23.7. The van der Waals surface area contributed by atoms with Crippen molar-refractivity contribution < 1.29 is 9.21 Å². The lowest BCUT2D eigenvalue weighted by molar-refractivity contribution is 0.0597. The highest BCUT2D eigenvalue weighted by atomic mass is 35.5. The Labute approximate surface area is 209 Å². The largest absolute Gasteiger partial charge is 0.459 e. The zero-order valence-corrected chi connectivity index (χ0v) is 20.4. The second kappa shape index (κ2) is 9.71. The van der Waals surface area contributed by atoms with Crippen LogP contribution in [0, 0.1) is 6.92 Å². The van der Waals surface area contributed by atoms with Gasteiger partial charge >= 0.3 is 0 Å². The summed E-state index contributed by atoms with van der Waals surface area (Å²) < 4.78 is 7.55. The third-order valence-corrected chi connectivity index (χ3v) is 6.87. The van der Waals surface area contributed by atoms with Gasteiger partial charge in [0, 0.05) is 54.2 Å². The Morgan fingerprint density at radius 3 is 2.18 bits per heavy atom. The fraction of sp³-hybridized carbons (Fsp3) is 0.222. The lowest BCUT2D eigenvalue weighted by Crippen LogP contribution is -2.48. The number of rotatable bonds is 5. The lowest BCUT2D eigenvalue weighted by atomic mass is 10.1. The van der Waals surface area contributed by atoms with Gasteiger partial charge in [-0.05, 0) is 72.6 Å². The average Bonchev–Trinajstić information content (AvgIpc) is 3.49. The summed E-state index contributed by atoms with van der Waals surface area (Å²) in [4.78, 5) is 16.8. The number of benzene rings is 2. The number of amides is 1. The second-order valence-corrected chi connectivity index (χ2v) is 9.38. The van der Waals surface area contributed by atoms with Crippen LogP contribution in [0.15, 0.2) is 77.4 Å². The molecule has 0 saturated carbocycles. The fourth-order valence-electron chi connectivity index (χ4n) is 4.48. The minimum Gasteiger partial charge on any atom is -0.459 e. The molecule has 2 aromatic heterocycles. The fourth-order valence-corrected chi connectivity index (χ4v) is 4.73. The van der Waals surface area contributed by atoms with Gasteiger partial charge in [0.05, 0.1) is 12.0 Å². The Morgan fingerprint density at radius 2 is 1.56 bits per heavy atom. The molecular formula is C27H25Cl2N3O2. The van der Waals surface area contributed by atoms with Gasteiger partial charge in [0.15, 0.2) is 5.76 Å². The molecule has 5 rings (SSSR count). The van der Waals surface area contributed by atoms with Crippen LogP contribution < -0.4 is 0 Å². The molecule has 0 N–H and O–H groups in total. The SMILES string of the molecule is Cc1c(CN2CCN(C(=O)c3ccco3)CC2)cc(-c2ccc(Cl)cc2)n1-c1ccc(Cl)cc1. The first-order valence-electron chi connectivity index (χ1n) is 11.3. The third-order valence-electron chi connectivity index (χ3n) is 6.36. The van der Waals surface area contributed by atoms with E-state index in [0.29, 0.717) is 28.9 Å². The van der Waals surface area contributed by atoms with Crippen molar-refractivity contribution in [2.75, 3.05) is 26.2 Å². The number of nitrogens with zero attached hydrogens (tertiary/aromatic N) is 3. The topological polar surface area (TPSA) is 41.6 Å². The smallest absolute Gasteiger partial charge is 0.289 e. The van der Waals surface area contributed by atoms with Crippen LogP contribution in [-0.4, -0.2) is 46.5 Å². The van der Waals surface area contributed by atoms with Crippen LogP contribution in [-0.2, 0) is 6.54 Å². The van der Waals surface area contributed by atoms with Crippen LogP contribution in [0.25, 0.3) is 16.9 Å². The molecule has 5 nitrogen and oxygen atoms in total. The van der Waals surface area contributed by atoms with Crippen molar-refractivity contribution in [3.63, 3.8) is 0 Å². The maximum Gasteiger partial charge on any atom is 0.289 e. The molecule has 1 fully saturated rings. The summed E-state index contributed by atoms with van der Waals surface area (Å²) in [6, 6.07) is 21.6. The molecule has 7 heteroatoms. The molecule has 1 amide bonds. The van der Waals surface area contributed by atoms with E-state index < -0.39 is 0 Å². The predicted octanol–water partition coefficient (Wildman–Crippen LogP) is 6.31. The van der Waals surface area contributed by atoms with Gasteiger partial charge in [0.2, 0.25) is 0 Å². The number of hydrogen-bond donors (Lipinski definition) is 0. The summed E-state index contributed by atoms with van der Waals surface area (Å²) in [5.41, 5.74) is 5.71. The van der Waals surface area contributed by atoms with E-state index in [1.165, 1.54) is 17.5 Å². The minimum atomic E-state index is -0.0419. The quantitative estimate of drug-likeness (QED) is 0.327. The number of piperazine rings is 1. The molecule has 1 saturated heterocycles. The Hall–Kier alpha value is -2.99. The molecule has 1 aliphatic rings. The predicted molar refractivity (Wildman–Crippen MR) is 136 cm³/mol. The van der Waals surface area contributed by atoms with Crippen LogP contribution in [0.2, 0.25) is 10.0 Å². The van der Waals surface area contributed by atoms with E-state index in [1.807, 2.05) is 53.4 Å². The Balaban J connectivity index is 1.39. The minimum absolute atomic E-state index is 0.0419. The maximum absolute atomic E-state index is 12.6. The maximum atomic E-state index is 12.6. The van der Waals surface area contributed by atoms with Crippen molar-refractivity contribution in [3.05, 3.63) is 100 Å². The van der Waals surface area contributed by atoms with Crippen molar-refractivity contribution in [1.29, 1.82) is 0 Å². The van der Waals surface area contributed by atoms with Crippen molar-refractivity contribution in [3.8, 4) is 16.9 Å². The first-order valence-corrected chi connectivity index (χ1v) is 12.0. The van der Waals surface area contributed by atoms with Crippen molar-refractivity contribution in [2.24, 2.45) is 0 Å². The van der Waals surface area contributed by atoms with Gasteiger partial charge in [0.25, 0.3) is 5.91 Å². The third kappa shape index (κ3) is 4.64. The Bertz CT molecular complexity index is 1270. The molecular weight excluding hydrogens is 469 g/mol. The van der Waals surface area contributed by atoms with E-state index in [-0.39, 0.29) is 5.91 Å². The van der Waals surface area contributed by atoms with Crippen molar-refractivity contribution in [1.82, 2.24) is 14.4 Å². The van der Waals surface area contributed by atoms with Crippen LogP contribution >= 0.6 is 23.2 Å². The van der Waals surface area contributed by atoms with Crippen molar-refractivity contribution >= 4 is 29.1 Å². The van der Waals surface area contributed by atoms with Crippen LogP contribution in [0.5, 0.6) is 0 Å². The molecule has 3 heterocycles. The number of hydrogen-bond acceptors (Lipinski definition) is 3. The lowest BCUT2D eigenvalue weighted by Gasteiger charge is -2.34. The van der Waals surface area contributed by atoms with Gasteiger partial charge in [-0.25, -0.2) is 0 Å². The molecule has 0 radical (unpaired) electrons. The summed E-state index contributed by atoms with van der Waals surface area (Å²) >= 11 is 12.3.